The van der Waals surface area contributed by atoms with Crippen LogP contribution in [0.1, 0.15) is 40.5 Å². The number of hydrogen-bond acceptors (Lipinski definition) is 5. The summed E-state index contributed by atoms with van der Waals surface area (Å²) in [6, 6.07) is 7.73. The lowest BCUT2D eigenvalue weighted by Crippen LogP contribution is -2.10. The number of ether oxygens (including phenoxy) is 1. The van der Waals surface area contributed by atoms with Gasteiger partial charge in [0.15, 0.2) is 11.6 Å². The normalized spacial score (nSPS) is 10.6. The second kappa shape index (κ2) is 10.8. The first-order valence-corrected chi connectivity index (χ1v) is 11.4. The summed E-state index contributed by atoms with van der Waals surface area (Å²) in [6.07, 6.45) is 1.51. The minimum atomic E-state index is -0.592. The van der Waals surface area contributed by atoms with Crippen LogP contribution in [0.2, 0.25) is 5.02 Å². The minimum absolute atomic E-state index is 0.0205. The van der Waals surface area contributed by atoms with Crippen molar-refractivity contribution in [1.29, 1.82) is 0 Å². The number of benzene rings is 2. The fourth-order valence-electron chi connectivity index (χ4n) is 2.71. The monoisotopic (exact) mass is 545 g/mol. The Morgan fingerprint density at radius 1 is 1.14 bits per heavy atom. The fraction of sp³-hybridized carbons (Fsp3) is 0.300. The molecule has 0 bridgehead atoms. The van der Waals surface area contributed by atoms with Gasteiger partial charge in [0.05, 0.1) is 38.3 Å². The summed E-state index contributed by atoms with van der Waals surface area (Å²) >= 11 is 12.6. The molecule has 9 heteroatoms. The van der Waals surface area contributed by atoms with Gasteiger partial charge in [-0.05, 0) is 18.1 Å². The lowest BCUT2D eigenvalue weighted by Gasteiger charge is -2.15. The molecular formula is C20H18Br2ClNO5. The Balaban J connectivity index is 2.71. The van der Waals surface area contributed by atoms with E-state index in [1.54, 1.807) is 24.3 Å². The summed E-state index contributed by atoms with van der Waals surface area (Å²) < 4.78 is 5.69. The van der Waals surface area contributed by atoms with Crippen molar-refractivity contribution < 1.29 is 19.2 Å². The van der Waals surface area contributed by atoms with E-state index in [9.17, 15) is 19.7 Å². The lowest BCUT2D eigenvalue weighted by molar-refractivity contribution is -0.385. The van der Waals surface area contributed by atoms with E-state index in [1.165, 1.54) is 6.07 Å². The Labute approximate surface area is 190 Å². The predicted octanol–water partition coefficient (Wildman–Crippen LogP) is 6.25. The second-order valence-corrected chi connectivity index (χ2v) is 7.64. The molecule has 0 aromatic heterocycles. The van der Waals surface area contributed by atoms with Gasteiger partial charge in [0, 0.05) is 5.56 Å². The Kier molecular flexibility index (Phi) is 8.79. The standard InChI is InChI=1S/C20H18Br2ClNO5/c1-2-3-8-29-20-14(17(26)11-22)9-15(23)18(19(20)24(27)28)13-6-4-12(5-7-13)16(25)10-21/h4-7,9H,2-3,8,10-11H2,1H3. The van der Waals surface area contributed by atoms with Gasteiger partial charge in [-0.1, -0.05) is 81.1 Å². The second-order valence-electron chi connectivity index (χ2n) is 6.11. The molecule has 2 aromatic carbocycles. The number of Topliss-reactive ketones (excluding diaryl/α,β-unsaturated/α-hetero) is 2. The number of hydrogen-bond donors (Lipinski definition) is 0. The van der Waals surface area contributed by atoms with Crippen LogP contribution < -0.4 is 4.74 Å². The number of carbonyl (C=O) groups excluding carboxylic acids is 2. The van der Waals surface area contributed by atoms with E-state index < -0.39 is 4.92 Å². The van der Waals surface area contributed by atoms with Gasteiger partial charge >= 0.3 is 5.69 Å². The summed E-state index contributed by atoms with van der Waals surface area (Å²) in [5, 5.41) is 12.2. The van der Waals surface area contributed by atoms with Gasteiger partial charge in [0.2, 0.25) is 5.75 Å². The van der Waals surface area contributed by atoms with Crippen molar-refractivity contribution in [2.45, 2.75) is 19.8 Å². The predicted molar refractivity (Wildman–Crippen MR) is 120 cm³/mol. The number of nitro benzene ring substituents is 1. The molecule has 2 rings (SSSR count). The molecule has 0 aliphatic heterocycles. The highest BCUT2D eigenvalue weighted by atomic mass is 79.9. The van der Waals surface area contributed by atoms with Crippen LogP contribution in [0.15, 0.2) is 30.3 Å². The lowest BCUT2D eigenvalue weighted by atomic mass is 9.97. The maximum absolute atomic E-state index is 12.3. The summed E-state index contributed by atoms with van der Waals surface area (Å²) in [6.45, 7) is 2.20. The summed E-state index contributed by atoms with van der Waals surface area (Å²) in [5.41, 5.74) is 0.759. The van der Waals surface area contributed by atoms with Crippen LogP contribution in [0.25, 0.3) is 11.1 Å². The van der Waals surface area contributed by atoms with Crippen LogP contribution in [0.3, 0.4) is 0 Å². The molecule has 0 saturated heterocycles. The molecule has 2 aromatic rings. The molecule has 0 fully saturated rings. The van der Waals surface area contributed by atoms with Gasteiger partial charge in [-0.3, -0.25) is 19.7 Å². The minimum Gasteiger partial charge on any atom is -0.486 e. The molecule has 6 nitrogen and oxygen atoms in total. The molecule has 0 amide bonds. The van der Waals surface area contributed by atoms with E-state index in [4.69, 9.17) is 16.3 Å². The van der Waals surface area contributed by atoms with Crippen LogP contribution in [0.5, 0.6) is 5.75 Å². The van der Waals surface area contributed by atoms with E-state index in [0.29, 0.717) is 17.5 Å². The first kappa shape index (κ1) is 23.5. The molecule has 0 atom stereocenters. The molecule has 0 radical (unpaired) electrons. The van der Waals surface area contributed by atoms with Gasteiger partial charge in [-0.2, -0.15) is 0 Å². The van der Waals surface area contributed by atoms with Crippen molar-refractivity contribution in [3.05, 3.63) is 56.6 Å². The summed E-state index contributed by atoms with van der Waals surface area (Å²) in [7, 11) is 0. The van der Waals surface area contributed by atoms with Crippen LogP contribution in [0, 0.1) is 10.1 Å². The number of unbranched alkanes of at least 4 members (excludes halogenated alkanes) is 1. The number of nitrogens with zero attached hydrogens (tertiary/aromatic N) is 1. The molecule has 154 valence electrons. The first-order chi connectivity index (χ1) is 13.8. The van der Waals surface area contributed by atoms with Gasteiger partial charge in [-0.25, -0.2) is 0 Å². The van der Waals surface area contributed by atoms with Gasteiger partial charge < -0.3 is 4.74 Å². The smallest absolute Gasteiger partial charge is 0.320 e. The highest BCUT2D eigenvalue weighted by molar-refractivity contribution is 9.09. The van der Waals surface area contributed by atoms with Crippen molar-refractivity contribution in [3.63, 3.8) is 0 Å². The number of alkyl halides is 2. The molecule has 0 saturated carbocycles. The Hall–Kier alpha value is -1.77. The van der Waals surface area contributed by atoms with Gasteiger partial charge in [0.25, 0.3) is 0 Å². The number of ketones is 2. The third-order valence-corrected chi connectivity index (χ3v) is 5.49. The third-order valence-electron chi connectivity index (χ3n) is 4.17. The van der Waals surface area contributed by atoms with Crippen molar-refractivity contribution in [3.8, 4) is 16.9 Å². The number of nitro groups is 1. The van der Waals surface area contributed by atoms with E-state index >= 15 is 0 Å². The van der Waals surface area contributed by atoms with Crippen molar-refractivity contribution >= 4 is 60.7 Å². The van der Waals surface area contributed by atoms with Gasteiger partial charge in [0.1, 0.15) is 0 Å². The number of halogens is 3. The Bertz CT molecular complexity index is 931. The van der Waals surface area contributed by atoms with Crippen LogP contribution in [0.4, 0.5) is 5.69 Å². The Morgan fingerprint density at radius 3 is 2.28 bits per heavy atom. The van der Waals surface area contributed by atoms with Crippen molar-refractivity contribution in [2.24, 2.45) is 0 Å². The van der Waals surface area contributed by atoms with Crippen molar-refractivity contribution in [1.82, 2.24) is 0 Å². The Morgan fingerprint density at radius 2 is 1.76 bits per heavy atom. The molecule has 0 N–H and O–H groups in total. The van der Waals surface area contributed by atoms with Crippen molar-refractivity contribution in [2.75, 3.05) is 17.3 Å². The molecule has 0 spiro atoms. The molecule has 29 heavy (non-hydrogen) atoms. The molecule has 0 heterocycles. The van der Waals surface area contributed by atoms with Crippen LogP contribution in [-0.4, -0.2) is 33.8 Å². The number of rotatable bonds is 10. The molecule has 0 aliphatic carbocycles. The zero-order valence-corrected chi connectivity index (χ0v) is 19.5. The van der Waals surface area contributed by atoms with E-state index in [2.05, 4.69) is 31.9 Å². The highest BCUT2D eigenvalue weighted by Gasteiger charge is 2.31. The highest BCUT2D eigenvalue weighted by Crippen LogP contribution is 2.45. The average Bonchev–Trinajstić information content (AvgIpc) is 2.73. The van der Waals surface area contributed by atoms with Crippen LogP contribution >= 0.6 is 43.5 Å². The summed E-state index contributed by atoms with van der Waals surface area (Å²) in [5.74, 6) is -0.571. The zero-order chi connectivity index (χ0) is 21.6. The fourth-order valence-corrected chi connectivity index (χ4v) is 3.64. The van der Waals surface area contributed by atoms with E-state index in [0.717, 1.165) is 6.42 Å². The maximum atomic E-state index is 12.3. The molecule has 0 aliphatic rings. The quantitative estimate of drug-likeness (QED) is 0.115. The average molecular weight is 548 g/mol. The first-order valence-electron chi connectivity index (χ1n) is 8.78. The van der Waals surface area contributed by atoms with Crippen LogP contribution in [-0.2, 0) is 0 Å². The SMILES string of the molecule is CCCCOc1c(C(=O)CBr)cc(Cl)c(-c2ccc(C(=O)CBr)cc2)c1[N+](=O)[O-]. The topological polar surface area (TPSA) is 86.5 Å². The summed E-state index contributed by atoms with van der Waals surface area (Å²) in [4.78, 5) is 35.5. The third kappa shape index (κ3) is 5.43. The molecular weight excluding hydrogens is 529 g/mol. The van der Waals surface area contributed by atoms with E-state index in [1.807, 2.05) is 6.92 Å². The largest absolute Gasteiger partial charge is 0.486 e. The zero-order valence-electron chi connectivity index (χ0n) is 15.5. The molecule has 0 unspecified atom stereocenters. The maximum Gasteiger partial charge on any atom is 0.320 e. The number of carbonyl (C=O) groups is 2. The van der Waals surface area contributed by atoms with E-state index in [-0.39, 0.29) is 56.4 Å². The van der Waals surface area contributed by atoms with Gasteiger partial charge in [-0.15, -0.1) is 0 Å².